The number of thioether (sulfide) groups is 1. The monoisotopic (exact) mass is 316 g/mol. The van der Waals surface area contributed by atoms with E-state index >= 15 is 0 Å². The van der Waals surface area contributed by atoms with Crippen LogP contribution in [0.25, 0.3) is 0 Å². The first kappa shape index (κ1) is 17.0. The van der Waals surface area contributed by atoms with E-state index in [0.717, 1.165) is 29.2 Å². The van der Waals surface area contributed by atoms with Gasteiger partial charge in [-0.05, 0) is 42.9 Å². The standard InChI is InChI=1S/C13H19NO4S2/c1-11(15)14-12-5-7-13(8-6-12)19-9-3-2-4-10-20(16,17)18/h5-8H,2-4,9-10H2,1H3,(H,14,15)(H,16,17,18)/p-1. The Balaban J connectivity index is 2.20. The Kier molecular flexibility index (Phi) is 7.04. The van der Waals surface area contributed by atoms with Gasteiger partial charge in [0.25, 0.3) is 0 Å². The van der Waals surface area contributed by atoms with Crippen LogP contribution in [0.15, 0.2) is 29.2 Å². The molecule has 0 aliphatic carbocycles. The molecular formula is C13H18NO4S2-. The molecule has 0 aliphatic heterocycles. The number of rotatable bonds is 8. The highest BCUT2D eigenvalue weighted by Gasteiger charge is 1.99. The Morgan fingerprint density at radius 2 is 1.85 bits per heavy atom. The second-order valence-corrected chi connectivity index (χ2v) is 7.07. The maximum atomic E-state index is 10.9. The van der Waals surface area contributed by atoms with Crippen LogP contribution in [0.5, 0.6) is 0 Å². The fraction of sp³-hybridized carbons (Fsp3) is 0.462. The summed E-state index contributed by atoms with van der Waals surface area (Å²) in [7, 11) is -4.07. The predicted molar refractivity (Wildman–Crippen MR) is 79.9 cm³/mol. The molecule has 0 fully saturated rings. The summed E-state index contributed by atoms with van der Waals surface area (Å²) in [4.78, 5) is 12.0. The van der Waals surface area contributed by atoms with Crippen molar-refractivity contribution in [3.63, 3.8) is 0 Å². The lowest BCUT2D eigenvalue weighted by Gasteiger charge is -2.06. The van der Waals surface area contributed by atoms with Crippen LogP contribution in [-0.2, 0) is 14.9 Å². The second-order valence-electron chi connectivity index (χ2n) is 4.38. The van der Waals surface area contributed by atoms with E-state index in [-0.39, 0.29) is 11.7 Å². The molecule has 0 unspecified atom stereocenters. The van der Waals surface area contributed by atoms with Crippen LogP contribution in [-0.4, -0.2) is 30.4 Å². The number of benzene rings is 1. The molecule has 1 amide bonds. The van der Waals surface area contributed by atoms with Gasteiger partial charge in [-0.3, -0.25) is 4.79 Å². The highest BCUT2D eigenvalue weighted by Crippen LogP contribution is 2.21. The highest BCUT2D eigenvalue weighted by atomic mass is 32.2. The van der Waals surface area contributed by atoms with Crippen molar-refractivity contribution in [1.29, 1.82) is 0 Å². The minimum Gasteiger partial charge on any atom is -0.748 e. The van der Waals surface area contributed by atoms with Crippen molar-refractivity contribution in [2.45, 2.75) is 31.1 Å². The predicted octanol–water partition coefficient (Wildman–Crippen LogP) is 2.45. The summed E-state index contributed by atoms with van der Waals surface area (Å²) in [5.41, 5.74) is 0.766. The van der Waals surface area contributed by atoms with Gasteiger partial charge < -0.3 is 9.87 Å². The van der Waals surface area contributed by atoms with Gasteiger partial charge in [0.15, 0.2) is 0 Å². The summed E-state index contributed by atoms with van der Waals surface area (Å²) < 4.78 is 31.2. The number of nitrogens with one attached hydrogen (secondary N) is 1. The summed E-state index contributed by atoms with van der Waals surface area (Å²) >= 11 is 1.67. The van der Waals surface area contributed by atoms with Crippen LogP contribution in [0, 0.1) is 0 Å². The molecule has 1 aromatic carbocycles. The quantitative estimate of drug-likeness (QED) is 0.452. The van der Waals surface area contributed by atoms with E-state index in [4.69, 9.17) is 0 Å². The van der Waals surface area contributed by atoms with Gasteiger partial charge in [0.2, 0.25) is 5.91 Å². The Morgan fingerprint density at radius 1 is 1.20 bits per heavy atom. The number of unbranched alkanes of at least 4 members (excludes halogenated alkanes) is 2. The fourth-order valence-corrected chi connectivity index (χ4v) is 3.06. The Morgan fingerprint density at radius 3 is 2.40 bits per heavy atom. The number of hydrogen-bond acceptors (Lipinski definition) is 5. The van der Waals surface area contributed by atoms with E-state index in [2.05, 4.69) is 5.32 Å². The van der Waals surface area contributed by atoms with Gasteiger partial charge in [0.05, 0.1) is 10.1 Å². The lowest BCUT2D eigenvalue weighted by Crippen LogP contribution is -2.05. The summed E-state index contributed by atoms with van der Waals surface area (Å²) in [5.74, 6) is 0.500. The number of anilines is 1. The maximum Gasteiger partial charge on any atom is 0.221 e. The number of carbonyl (C=O) groups excluding carboxylic acids is 1. The molecule has 1 aromatic rings. The fourth-order valence-electron chi connectivity index (χ4n) is 1.59. The third kappa shape index (κ3) is 8.19. The maximum absolute atomic E-state index is 10.9. The van der Waals surface area contributed by atoms with Crippen molar-refractivity contribution in [3.8, 4) is 0 Å². The van der Waals surface area contributed by atoms with Crippen molar-refractivity contribution >= 4 is 33.5 Å². The third-order valence-electron chi connectivity index (χ3n) is 2.48. The molecule has 20 heavy (non-hydrogen) atoms. The van der Waals surface area contributed by atoms with Crippen molar-refractivity contribution in [2.75, 3.05) is 16.8 Å². The molecule has 0 heterocycles. The molecule has 5 nitrogen and oxygen atoms in total. The zero-order valence-electron chi connectivity index (χ0n) is 11.3. The van der Waals surface area contributed by atoms with Gasteiger partial charge in [-0.2, -0.15) is 0 Å². The highest BCUT2D eigenvalue weighted by molar-refractivity contribution is 7.99. The summed E-state index contributed by atoms with van der Waals surface area (Å²) in [6, 6.07) is 7.54. The molecule has 0 saturated carbocycles. The van der Waals surface area contributed by atoms with Gasteiger partial charge >= 0.3 is 0 Å². The smallest absolute Gasteiger partial charge is 0.221 e. The van der Waals surface area contributed by atoms with Crippen molar-refractivity contribution in [3.05, 3.63) is 24.3 Å². The topological polar surface area (TPSA) is 86.3 Å². The van der Waals surface area contributed by atoms with Gasteiger partial charge in [-0.1, -0.05) is 6.42 Å². The Bertz CT molecular complexity index is 526. The van der Waals surface area contributed by atoms with Crippen LogP contribution >= 0.6 is 11.8 Å². The first-order chi connectivity index (χ1) is 9.37. The SMILES string of the molecule is CC(=O)Nc1ccc(SCCCCCS(=O)(=O)[O-])cc1. The van der Waals surface area contributed by atoms with Crippen LogP contribution in [0.4, 0.5) is 5.69 Å². The normalized spacial score (nSPS) is 11.3. The molecule has 0 saturated heterocycles. The van der Waals surface area contributed by atoms with Crippen molar-refractivity contribution < 1.29 is 17.8 Å². The molecule has 0 atom stereocenters. The molecule has 1 rings (SSSR count). The molecule has 0 aliphatic rings. The molecule has 0 bridgehead atoms. The van der Waals surface area contributed by atoms with E-state index in [0.29, 0.717) is 6.42 Å². The molecule has 0 radical (unpaired) electrons. The second kappa shape index (κ2) is 8.28. The van der Waals surface area contributed by atoms with Gasteiger partial charge in [-0.15, -0.1) is 11.8 Å². The van der Waals surface area contributed by atoms with Gasteiger partial charge in [0, 0.05) is 23.3 Å². The van der Waals surface area contributed by atoms with E-state index in [9.17, 15) is 17.8 Å². The molecule has 0 aromatic heterocycles. The van der Waals surface area contributed by atoms with E-state index in [1.54, 1.807) is 11.8 Å². The zero-order chi connectivity index (χ0) is 15.0. The van der Waals surface area contributed by atoms with Crippen LogP contribution in [0.2, 0.25) is 0 Å². The number of hydrogen-bond donors (Lipinski definition) is 1. The van der Waals surface area contributed by atoms with Crippen LogP contribution in [0.3, 0.4) is 0 Å². The summed E-state index contributed by atoms with van der Waals surface area (Å²) in [6.07, 6.45) is 2.03. The molecule has 1 N–H and O–H groups in total. The van der Waals surface area contributed by atoms with E-state index in [1.165, 1.54) is 6.92 Å². The minimum atomic E-state index is -4.07. The summed E-state index contributed by atoms with van der Waals surface area (Å²) in [5, 5.41) is 2.70. The molecule has 112 valence electrons. The number of carbonyl (C=O) groups is 1. The third-order valence-corrected chi connectivity index (χ3v) is 4.37. The molecule has 7 heteroatoms. The van der Waals surface area contributed by atoms with Crippen LogP contribution < -0.4 is 5.32 Å². The van der Waals surface area contributed by atoms with Gasteiger partial charge in [-0.25, -0.2) is 8.42 Å². The lowest BCUT2D eigenvalue weighted by atomic mass is 10.3. The molecule has 0 spiro atoms. The van der Waals surface area contributed by atoms with Crippen LogP contribution in [0.1, 0.15) is 26.2 Å². The van der Waals surface area contributed by atoms with E-state index < -0.39 is 10.1 Å². The van der Waals surface area contributed by atoms with Gasteiger partial charge in [0.1, 0.15) is 0 Å². The Labute approximate surface area is 123 Å². The van der Waals surface area contributed by atoms with Crippen molar-refractivity contribution in [1.82, 2.24) is 0 Å². The largest absolute Gasteiger partial charge is 0.748 e. The summed E-state index contributed by atoms with van der Waals surface area (Å²) in [6.45, 7) is 1.46. The van der Waals surface area contributed by atoms with E-state index in [1.807, 2.05) is 24.3 Å². The molecular weight excluding hydrogens is 298 g/mol. The van der Waals surface area contributed by atoms with Crippen molar-refractivity contribution in [2.24, 2.45) is 0 Å². The first-order valence-corrected chi connectivity index (χ1v) is 8.87. The average molecular weight is 316 g/mol. The average Bonchev–Trinajstić information content (AvgIpc) is 2.33. The first-order valence-electron chi connectivity index (χ1n) is 6.31. The number of amides is 1. The lowest BCUT2D eigenvalue weighted by molar-refractivity contribution is -0.114. The minimum absolute atomic E-state index is 0.0984. The Hall–Kier alpha value is -1.05. The zero-order valence-corrected chi connectivity index (χ0v) is 12.9.